The summed E-state index contributed by atoms with van der Waals surface area (Å²) in [5.74, 6) is 0.472. The van der Waals surface area contributed by atoms with Crippen molar-refractivity contribution in [3.63, 3.8) is 0 Å². The first-order valence-electron chi connectivity index (χ1n) is 9.11. The first-order chi connectivity index (χ1) is 14.9. The summed E-state index contributed by atoms with van der Waals surface area (Å²) in [6, 6.07) is 20.4. The average molecular weight is 674 g/mol. The lowest BCUT2D eigenvalue weighted by Crippen LogP contribution is -2.27. The van der Waals surface area contributed by atoms with E-state index in [-0.39, 0.29) is 11.1 Å². The molecule has 0 radical (unpaired) electrons. The summed E-state index contributed by atoms with van der Waals surface area (Å²) in [6.07, 6.45) is 1.75. The van der Waals surface area contributed by atoms with E-state index in [1.165, 1.54) is 4.90 Å². The molecule has 3 aromatic carbocycles. The van der Waals surface area contributed by atoms with E-state index in [4.69, 9.17) is 16.3 Å². The predicted octanol–water partition coefficient (Wildman–Crippen LogP) is 7.37. The molecule has 31 heavy (non-hydrogen) atoms. The van der Waals surface area contributed by atoms with Crippen LogP contribution in [0.4, 0.5) is 10.5 Å². The molecule has 0 N–H and O–H groups in total. The van der Waals surface area contributed by atoms with Crippen molar-refractivity contribution in [2.24, 2.45) is 0 Å². The monoisotopic (exact) mass is 673 g/mol. The highest BCUT2D eigenvalue weighted by atomic mass is 127. The van der Waals surface area contributed by atoms with Gasteiger partial charge in [0, 0.05) is 5.02 Å². The van der Waals surface area contributed by atoms with Crippen molar-refractivity contribution in [2.75, 3.05) is 4.90 Å². The van der Waals surface area contributed by atoms with Gasteiger partial charge in [0.15, 0.2) is 0 Å². The van der Waals surface area contributed by atoms with Crippen LogP contribution in [-0.2, 0) is 11.4 Å². The van der Waals surface area contributed by atoms with E-state index < -0.39 is 0 Å². The second-order valence-corrected chi connectivity index (χ2v) is 10.3. The van der Waals surface area contributed by atoms with E-state index >= 15 is 0 Å². The zero-order valence-corrected chi connectivity index (χ0v) is 21.7. The molecule has 0 bridgehead atoms. The topological polar surface area (TPSA) is 46.6 Å². The van der Waals surface area contributed by atoms with E-state index in [0.29, 0.717) is 22.2 Å². The van der Waals surface area contributed by atoms with Crippen LogP contribution in [0.15, 0.2) is 71.6 Å². The Morgan fingerprint density at radius 3 is 2.26 bits per heavy atom. The molecule has 0 spiro atoms. The Bertz CT molecular complexity index is 1160. The number of carbonyl (C=O) groups is 2. The third-order valence-electron chi connectivity index (χ3n) is 4.42. The molecule has 1 fully saturated rings. The molecule has 0 aromatic heterocycles. The summed E-state index contributed by atoms with van der Waals surface area (Å²) in [4.78, 5) is 26.8. The quantitative estimate of drug-likeness (QED) is 0.210. The number of benzene rings is 3. The number of ether oxygens (including phenoxy) is 1. The molecular formula is C23H14ClI2NO3S. The molecule has 2 amide bonds. The van der Waals surface area contributed by atoms with Gasteiger partial charge in [0.2, 0.25) is 0 Å². The number of hydrogen-bond acceptors (Lipinski definition) is 4. The van der Waals surface area contributed by atoms with Crippen LogP contribution in [0.25, 0.3) is 6.08 Å². The van der Waals surface area contributed by atoms with Gasteiger partial charge in [-0.1, -0.05) is 41.9 Å². The molecular weight excluding hydrogens is 660 g/mol. The number of para-hydroxylation sites is 1. The number of imide groups is 1. The summed E-state index contributed by atoms with van der Waals surface area (Å²) in [5.41, 5.74) is 2.43. The zero-order valence-electron chi connectivity index (χ0n) is 15.8. The summed E-state index contributed by atoms with van der Waals surface area (Å²) in [6.45, 7) is 0.429. The maximum atomic E-state index is 12.8. The number of thioether (sulfide) groups is 1. The number of halogens is 3. The Labute approximate surface area is 216 Å². The van der Waals surface area contributed by atoms with Crippen molar-refractivity contribution in [3.8, 4) is 5.75 Å². The van der Waals surface area contributed by atoms with Crippen molar-refractivity contribution < 1.29 is 14.3 Å². The first kappa shape index (κ1) is 22.6. The SMILES string of the molecule is O=C1S/C(=C\c2cc(I)c(OCc3ccc(Cl)cc3)c(I)c2)C(=O)N1c1ccccc1. The van der Waals surface area contributed by atoms with Crippen molar-refractivity contribution in [1.82, 2.24) is 0 Å². The van der Waals surface area contributed by atoms with Crippen molar-refractivity contribution in [2.45, 2.75) is 6.61 Å². The van der Waals surface area contributed by atoms with E-state index in [1.807, 2.05) is 42.5 Å². The summed E-state index contributed by atoms with van der Waals surface area (Å²) in [5, 5.41) is 0.392. The van der Waals surface area contributed by atoms with E-state index in [2.05, 4.69) is 45.2 Å². The van der Waals surface area contributed by atoms with Crippen LogP contribution < -0.4 is 9.64 Å². The standard InChI is InChI=1S/C23H14ClI2NO3S/c24-16-8-6-14(7-9-16)13-30-21-18(25)10-15(11-19(21)26)12-20-22(28)27(23(29)31-20)17-4-2-1-3-5-17/h1-12H,13H2/b20-12-. The van der Waals surface area contributed by atoms with Gasteiger partial charge in [-0.25, -0.2) is 4.90 Å². The average Bonchev–Trinajstić information content (AvgIpc) is 3.02. The highest BCUT2D eigenvalue weighted by Crippen LogP contribution is 2.37. The lowest BCUT2D eigenvalue weighted by molar-refractivity contribution is -0.113. The van der Waals surface area contributed by atoms with E-state index in [9.17, 15) is 9.59 Å². The van der Waals surface area contributed by atoms with Crippen LogP contribution in [0.3, 0.4) is 0 Å². The van der Waals surface area contributed by atoms with Gasteiger partial charge in [-0.05, 0) is 111 Å². The third kappa shape index (κ3) is 5.27. The van der Waals surface area contributed by atoms with Crippen LogP contribution in [0.2, 0.25) is 5.02 Å². The number of amides is 2. The lowest BCUT2D eigenvalue weighted by Gasteiger charge is -2.12. The summed E-state index contributed by atoms with van der Waals surface area (Å²) < 4.78 is 7.86. The maximum Gasteiger partial charge on any atom is 0.298 e. The van der Waals surface area contributed by atoms with Gasteiger partial charge in [0.05, 0.1) is 17.7 Å². The Morgan fingerprint density at radius 1 is 0.968 bits per heavy atom. The fourth-order valence-electron chi connectivity index (χ4n) is 2.96. The Kier molecular flexibility index (Phi) is 7.25. The number of anilines is 1. The molecule has 1 aliphatic heterocycles. The van der Waals surface area contributed by atoms with Gasteiger partial charge in [0.25, 0.3) is 11.1 Å². The van der Waals surface area contributed by atoms with Crippen LogP contribution in [0.1, 0.15) is 11.1 Å². The normalized spacial score (nSPS) is 15.1. The smallest absolute Gasteiger partial charge is 0.298 e. The Balaban J connectivity index is 1.54. The van der Waals surface area contributed by atoms with Crippen LogP contribution in [0, 0.1) is 7.14 Å². The Morgan fingerprint density at radius 2 is 1.61 bits per heavy atom. The molecule has 0 unspecified atom stereocenters. The minimum Gasteiger partial charge on any atom is -0.487 e. The zero-order chi connectivity index (χ0) is 22.0. The van der Waals surface area contributed by atoms with Crippen LogP contribution in [-0.4, -0.2) is 11.1 Å². The lowest BCUT2D eigenvalue weighted by atomic mass is 10.2. The number of hydrogen-bond donors (Lipinski definition) is 0. The van der Waals surface area contributed by atoms with Gasteiger partial charge >= 0.3 is 0 Å². The van der Waals surface area contributed by atoms with E-state index in [0.717, 1.165) is 35.8 Å². The largest absolute Gasteiger partial charge is 0.487 e. The molecule has 4 nitrogen and oxygen atoms in total. The number of rotatable bonds is 5. The van der Waals surface area contributed by atoms with E-state index in [1.54, 1.807) is 30.3 Å². The molecule has 3 aromatic rings. The highest BCUT2D eigenvalue weighted by Gasteiger charge is 2.36. The molecule has 1 aliphatic rings. The molecule has 8 heteroatoms. The van der Waals surface area contributed by atoms with Gasteiger partial charge in [-0.2, -0.15) is 0 Å². The van der Waals surface area contributed by atoms with Gasteiger partial charge in [0.1, 0.15) is 12.4 Å². The molecule has 1 heterocycles. The van der Waals surface area contributed by atoms with Gasteiger partial charge in [-0.15, -0.1) is 0 Å². The van der Waals surface area contributed by atoms with Crippen LogP contribution in [0.5, 0.6) is 5.75 Å². The maximum absolute atomic E-state index is 12.8. The molecule has 0 atom stereocenters. The number of carbonyl (C=O) groups excluding carboxylic acids is 2. The minimum absolute atomic E-state index is 0.297. The number of nitrogens with zero attached hydrogens (tertiary/aromatic N) is 1. The second kappa shape index (κ2) is 9.93. The van der Waals surface area contributed by atoms with Crippen LogP contribution >= 0.6 is 68.5 Å². The molecule has 0 saturated carbocycles. The van der Waals surface area contributed by atoms with Crippen molar-refractivity contribution in [1.29, 1.82) is 0 Å². The van der Waals surface area contributed by atoms with Crippen molar-refractivity contribution in [3.05, 3.63) is 94.9 Å². The van der Waals surface area contributed by atoms with Gasteiger partial charge < -0.3 is 4.74 Å². The fourth-order valence-corrected chi connectivity index (χ4v) is 6.05. The Hall–Kier alpha value is -1.56. The highest BCUT2D eigenvalue weighted by molar-refractivity contribution is 14.1. The molecule has 0 aliphatic carbocycles. The molecule has 1 saturated heterocycles. The third-order valence-corrected chi connectivity index (χ3v) is 7.15. The fraction of sp³-hybridized carbons (Fsp3) is 0.0435. The minimum atomic E-state index is -0.311. The van der Waals surface area contributed by atoms with Crippen molar-refractivity contribution >= 4 is 91.5 Å². The summed E-state index contributed by atoms with van der Waals surface area (Å²) >= 11 is 11.3. The predicted molar refractivity (Wildman–Crippen MR) is 143 cm³/mol. The molecule has 156 valence electrons. The summed E-state index contributed by atoms with van der Waals surface area (Å²) in [7, 11) is 0. The molecule has 4 rings (SSSR count). The first-order valence-corrected chi connectivity index (χ1v) is 12.5. The second-order valence-electron chi connectivity index (χ2n) is 6.58. The van der Waals surface area contributed by atoms with Gasteiger partial charge in [-0.3, -0.25) is 9.59 Å².